The van der Waals surface area contributed by atoms with E-state index in [2.05, 4.69) is 20.5 Å². The number of anilines is 1. The lowest BCUT2D eigenvalue weighted by molar-refractivity contribution is 0.102. The van der Waals surface area contributed by atoms with Gasteiger partial charge in [-0.15, -0.1) is 0 Å². The van der Waals surface area contributed by atoms with E-state index in [1.54, 1.807) is 36.8 Å². The van der Waals surface area contributed by atoms with E-state index in [0.717, 1.165) is 22.2 Å². The van der Waals surface area contributed by atoms with Crippen molar-refractivity contribution in [3.8, 4) is 17.3 Å². The van der Waals surface area contributed by atoms with Gasteiger partial charge in [-0.1, -0.05) is 6.07 Å². The molecule has 4 aromatic rings. The largest absolute Gasteiger partial charge is 0.472 e. The van der Waals surface area contributed by atoms with Crippen LogP contribution in [0.3, 0.4) is 0 Å². The zero-order valence-electron chi connectivity index (χ0n) is 12.9. The van der Waals surface area contributed by atoms with Crippen molar-refractivity contribution in [2.45, 2.75) is 0 Å². The van der Waals surface area contributed by atoms with E-state index in [4.69, 9.17) is 9.68 Å². The molecule has 0 saturated heterocycles. The molecular weight excluding hydrogens is 318 g/mol. The van der Waals surface area contributed by atoms with E-state index in [-0.39, 0.29) is 17.3 Å². The molecule has 3 aromatic heterocycles. The second-order valence-electron chi connectivity index (χ2n) is 5.32. The van der Waals surface area contributed by atoms with Crippen LogP contribution in [0.2, 0.25) is 0 Å². The average Bonchev–Trinajstić information content (AvgIpc) is 3.30. The molecule has 0 spiro atoms. The number of fused-ring (bicyclic) bond motifs is 1. The Hall–Kier alpha value is -3.92. The second kappa shape index (κ2) is 5.94. The number of pyridine rings is 1. The zero-order chi connectivity index (χ0) is 17.2. The van der Waals surface area contributed by atoms with E-state index >= 15 is 0 Å². The van der Waals surface area contributed by atoms with Gasteiger partial charge in [-0.25, -0.2) is 4.98 Å². The van der Waals surface area contributed by atoms with Crippen molar-refractivity contribution >= 4 is 22.5 Å². The molecule has 3 heterocycles. The molecule has 1 amide bonds. The summed E-state index contributed by atoms with van der Waals surface area (Å²) in [6.45, 7) is 0. The second-order valence-corrected chi connectivity index (χ2v) is 5.32. The molecule has 0 bridgehead atoms. The summed E-state index contributed by atoms with van der Waals surface area (Å²) in [4.78, 5) is 16.3. The summed E-state index contributed by atoms with van der Waals surface area (Å²) >= 11 is 0. The van der Waals surface area contributed by atoms with Crippen LogP contribution in [0.4, 0.5) is 5.69 Å². The van der Waals surface area contributed by atoms with Gasteiger partial charge in [0.25, 0.3) is 5.91 Å². The molecule has 1 aromatic carbocycles. The quantitative estimate of drug-likeness (QED) is 0.599. The normalized spacial score (nSPS) is 10.5. The maximum Gasteiger partial charge on any atom is 0.274 e. The van der Waals surface area contributed by atoms with Gasteiger partial charge < -0.3 is 9.73 Å². The van der Waals surface area contributed by atoms with Crippen LogP contribution in [0, 0.1) is 11.3 Å². The summed E-state index contributed by atoms with van der Waals surface area (Å²) < 4.78 is 5.10. The van der Waals surface area contributed by atoms with Crippen LogP contribution in [-0.2, 0) is 0 Å². The molecular formula is C18H11N5O2. The summed E-state index contributed by atoms with van der Waals surface area (Å²) in [7, 11) is 0. The predicted molar refractivity (Wildman–Crippen MR) is 90.7 cm³/mol. The van der Waals surface area contributed by atoms with E-state index in [1.165, 1.54) is 0 Å². The number of aromatic nitrogens is 3. The van der Waals surface area contributed by atoms with Gasteiger partial charge >= 0.3 is 0 Å². The number of rotatable bonds is 3. The summed E-state index contributed by atoms with van der Waals surface area (Å²) in [5.41, 5.74) is 3.41. The Morgan fingerprint density at radius 3 is 2.96 bits per heavy atom. The van der Waals surface area contributed by atoms with Crippen molar-refractivity contribution in [1.29, 1.82) is 5.26 Å². The number of amides is 1. The predicted octanol–water partition coefficient (Wildman–Crippen LogP) is 3.34. The maximum atomic E-state index is 12.3. The smallest absolute Gasteiger partial charge is 0.274 e. The van der Waals surface area contributed by atoms with Crippen molar-refractivity contribution in [2.75, 3.05) is 5.32 Å². The van der Waals surface area contributed by atoms with Crippen LogP contribution in [0.1, 0.15) is 16.2 Å². The number of H-pyrrole nitrogens is 1. The molecule has 7 heteroatoms. The third kappa shape index (κ3) is 2.72. The van der Waals surface area contributed by atoms with Gasteiger partial charge in [0.1, 0.15) is 23.2 Å². The first-order chi connectivity index (χ1) is 12.2. The van der Waals surface area contributed by atoms with Gasteiger partial charge in [-0.3, -0.25) is 9.89 Å². The minimum absolute atomic E-state index is 0.182. The lowest BCUT2D eigenvalue weighted by Crippen LogP contribution is -2.13. The Morgan fingerprint density at radius 1 is 1.24 bits per heavy atom. The number of carbonyl (C=O) groups is 1. The van der Waals surface area contributed by atoms with Crippen LogP contribution >= 0.6 is 0 Å². The van der Waals surface area contributed by atoms with Gasteiger partial charge in [0.2, 0.25) is 0 Å². The Balaban J connectivity index is 1.66. The summed E-state index contributed by atoms with van der Waals surface area (Å²) in [5, 5.41) is 19.8. The number of nitrogens with one attached hydrogen (secondary N) is 2. The number of hydrogen-bond donors (Lipinski definition) is 2. The molecule has 0 fully saturated rings. The number of hydrogen-bond acceptors (Lipinski definition) is 5. The van der Waals surface area contributed by atoms with Crippen molar-refractivity contribution in [3.05, 3.63) is 66.4 Å². The number of benzene rings is 1. The number of carbonyl (C=O) groups excluding carboxylic acids is 1. The van der Waals surface area contributed by atoms with Crippen LogP contribution in [0.15, 0.2) is 59.4 Å². The molecule has 4 rings (SSSR count). The first-order valence-corrected chi connectivity index (χ1v) is 7.44. The van der Waals surface area contributed by atoms with Gasteiger partial charge in [-0.05, 0) is 36.4 Å². The molecule has 0 saturated carbocycles. The first-order valence-electron chi connectivity index (χ1n) is 7.44. The van der Waals surface area contributed by atoms with E-state index in [1.807, 2.05) is 24.3 Å². The number of nitrogens with zero attached hydrogens (tertiary/aromatic N) is 3. The third-order valence-corrected chi connectivity index (χ3v) is 3.71. The molecule has 2 N–H and O–H groups in total. The molecule has 0 aliphatic carbocycles. The van der Waals surface area contributed by atoms with Gasteiger partial charge in [-0.2, -0.15) is 10.4 Å². The monoisotopic (exact) mass is 329 g/mol. The highest BCUT2D eigenvalue weighted by atomic mass is 16.3. The Labute approximate surface area is 141 Å². The highest BCUT2D eigenvalue weighted by Crippen LogP contribution is 2.28. The summed E-state index contributed by atoms with van der Waals surface area (Å²) in [6.07, 6.45) is 3.19. The fourth-order valence-electron chi connectivity index (χ4n) is 2.53. The molecule has 0 aliphatic heterocycles. The van der Waals surface area contributed by atoms with Crippen LogP contribution in [-0.4, -0.2) is 21.1 Å². The third-order valence-electron chi connectivity index (χ3n) is 3.71. The molecule has 0 radical (unpaired) electrons. The molecule has 0 atom stereocenters. The van der Waals surface area contributed by atoms with Crippen molar-refractivity contribution in [2.24, 2.45) is 0 Å². The molecule has 0 unspecified atom stereocenters. The minimum atomic E-state index is -0.384. The van der Waals surface area contributed by atoms with Gasteiger partial charge in [0.15, 0.2) is 0 Å². The van der Waals surface area contributed by atoms with E-state index in [9.17, 15) is 4.79 Å². The van der Waals surface area contributed by atoms with Crippen molar-refractivity contribution in [3.63, 3.8) is 0 Å². The van der Waals surface area contributed by atoms with Crippen LogP contribution in [0.5, 0.6) is 0 Å². The number of nitriles is 1. The highest BCUT2D eigenvalue weighted by Gasteiger charge is 2.12. The van der Waals surface area contributed by atoms with E-state index in [0.29, 0.717) is 5.69 Å². The molecule has 7 nitrogen and oxygen atoms in total. The minimum Gasteiger partial charge on any atom is -0.472 e. The number of aromatic amines is 1. The SMILES string of the molecule is N#Cc1cccc(C(=O)Nc2ccc3[nH]nc(-c4ccoc4)c3c2)n1. The summed E-state index contributed by atoms with van der Waals surface area (Å²) in [6, 6.07) is 13.9. The summed E-state index contributed by atoms with van der Waals surface area (Å²) in [5.74, 6) is -0.384. The van der Waals surface area contributed by atoms with Crippen molar-refractivity contribution in [1.82, 2.24) is 15.2 Å². The van der Waals surface area contributed by atoms with Crippen LogP contribution in [0.25, 0.3) is 22.2 Å². The lowest BCUT2D eigenvalue weighted by atomic mass is 10.1. The van der Waals surface area contributed by atoms with Crippen LogP contribution < -0.4 is 5.32 Å². The molecule has 120 valence electrons. The molecule has 25 heavy (non-hydrogen) atoms. The highest BCUT2D eigenvalue weighted by molar-refractivity contribution is 6.04. The zero-order valence-corrected chi connectivity index (χ0v) is 12.9. The topological polar surface area (TPSA) is 108 Å². The van der Waals surface area contributed by atoms with Gasteiger partial charge in [0, 0.05) is 16.6 Å². The Kier molecular flexibility index (Phi) is 3.48. The Morgan fingerprint density at radius 2 is 2.16 bits per heavy atom. The fourth-order valence-corrected chi connectivity index (χ4v) is 2.53. The fraction of sp³-hybridized carbons (Fsp3) is 0. The standard InChI is InChI=1S/C18H11N5O2/c19-9-13-2-1-3-16(20-13)18(24)21-12-4-5-15-14(8-12)17(23-22-15)11-6-7-25-10-11/h1-8,10H,(H,21,24)(H,22,23). The Bertz CT molecular complexity index is 1110. The lowest BCUT2D eigenvalue weighted by Gasteiger charge is -2.05. The van der Waals surface area contributed by atoms with Crippen molar-refractivity contribution < 1.29 is 9.21 Å². The average molecular weight is 329 g/mol. The molecule has 0 aliphatic rings. The number of furan rings is 1. The van der Waals surface area contributed by atoms with Gasteiger partial charge in [0.05, 0.1) is 18.0 Å². The first kappa shape index (κ1) is 14.7. The maximum absolute atomic E-state index is 12.3. The van der Waals surface area contributed by atoms with E-state index < -0.39 is 0 Å².